The number of nitrogens with zero attached hydrogens (tertiary/aromatic N) is 3. The van der Waals surface area contributed by atoms with E-state index in [4.69, 9.17) is 0 Å². The Morgan fingerprint density at radius 3 is 2.76 bits per heavy atom. The zero-order valence-electron chi connectivity index (χ0n) is 10.9. The number of carbonyl (C=O) groups excluding carboxylic acids is 1. The molecule has 21 heavy (non-hydrogen) atoms. The average Bonchev–Trinajstić information content (AvgIpc) is 2.93. The van der Waals surface area contributed by atoms with Crippen LogP contribution in [0.2, 0.25) is 0 Å². The molecule has 2 aromatic heterocycles. The van der Waals surface area contributed by atoms with E-state index in [9.17, 15) is 14.4 Å². The second-order valence-corrected chi connectivity index (χ2v) is 4.54. The van der Waals surface area contributed by atoms with Gasteiger partial charge in [-0.1, -0.05) is 24.3 Å². The first-order valence-electron chi connectivity index (χ1n) is 6.33. The van der Waals surface area contributed by atoms with Crippen molar-refractivity contribution >= 4 is 11.3 Å². The minimum absolute atomic E-state index is 0.0836. The molecule has 4 nitrogen and oxygen atoms in total. The molecule has 2 heterocycles. The van der Waals surface area contributed by atoms with Crippen LogP contribution in [0.15, 0.2) is 54.9 Å². The second kappa shape index (κ2) is 5.17. The van der Waals surface area contributed by atoms with Gasteiger partial charge in [0.05, 0.1) is 23.3 Å². The van der Waals surface area contributed by atoms with Gasteiger partial charge in [0.2, 0.25) is 0 Å². The van der Waals surface area contributed by atoms with E-state index >= 15 is 0 Å². The fourth-order valence-corrected chi connectivity index (χ4v) is 2.26. The predicted octanol–water partition coefficient (Wildman–Crippen LogP) is 2.96. The minimum atomic E-state index is -1.18. The van der Waals surface area contributed by atoms with Crippen molar-refractivity contribution in [3.05, 3.63) is 71.8 Å². The minimum Gasteiger partial charge on any atom is -0.292 e. The van der Waals surface area contributed by atoms with Gasteiger partial charge in [-0.2, -0.15) is 10.4 Å². The molecule has 0 aliphatic carbocycles. The zero-order valence-corrected chi connectivity index (χ0v) is 10.9. The van der Waals surface area contributed by atoms with Crippen molar-refractivity contribution in [1.82, 2.24) is 9.61 Å². The number of ketones is 1. The van der Waals surface area contributed by atoms with Gasteiger partial charge in [0.15, 0.2) is 5.78 Å². The summed E-state index contributed by atoms with van der Waals surface area (Å²) in [4.78, 5) is 12.6. The van der Waals surface area contributed by atoms with Crippen LogP contribution in [-0.2, 0) is 0 Å². The molecule has 0 aliphatic rings. The predicted molar refractivity (Wildman–Crippen MR) is 74.3 cm³/mol. The summed E-state index contributed by atoms with van der Waals surface area (Å²) in [7, 11) is 0. The molecular formula is C16H10FN3O. The molecular weight excluding hydrogens is 269 g/mol. The molecule has 0 bridgehead atoms. The number of hydrogen-bond acceptors (Lipinski definition) is 3. The molecule has 0 radical (unpaired) electrons. The lowest BCUT2D eigenvalue weighted by atomic mass is 9.92. The zero-order chi connectivity index (χ0) is 14.8. The molecule has 1 unspecified atom stereocenters. The molecule has 0 N–H and O–H groups in total. The van der Waals surface area contributed by atoms with Gasteiger partial charge < -0.3 is 0 Å². The third-order valence-corrected chi connectivity index (χ3v) is 3.30. The largest absolute Gasteiger partial charge is 0.292 e. The van der Waals surface area contributed by atoms with Crippen LogP contribution in [0.5, 0.6) is 0 Å². The lowest BCUT2D eigenvalue weighted by molar-refractivity contribution is 0.0979. The number of halogens is 1. The highest BCUT2D eigenvalue weighted by atomic mass is 19.1. The van der Waals surface area contributed by atoms with E-state index in [0.29, 0.717) is 11.1 Å². The Morgan fingerprint density at radius 2 is 2.00 bits per heavy atom. The Labute approximate surface area is 120 Å². The molecule has 1 aromatic carbocycles. The van der Waals surface area contributed by atoms with Crippen LogP contribution in [0.25, 0.3) is 5.52 Å². The van der Waals surface area contributed by atoms with E-state index in [1.807, 2.05) is 6.07 Å². The molecule has 0 saturated heterocycles. The number of benzene rings is 1. The van der Waals surface area contributed by atoms with Gasteiger partial charge in [-0.25, -0.2) is 8.91 Å². The molecule has 5 heteroatoms. The number of fused-ring (bicyclic) bond motifs is 1. The number of nitriles is 1. The molecule has 0 aliphatic heterocycles. The lowest BCUT2D eigenvalue weighted by Crippen LogP contribution is -2.12. The van der Waals surface area contributed by atoms with Crippen molar-refractivity contribution in [2.75, 3.05) is 0 Å². The van der Waals surface area contributed by atoms with Crippen molar-refractivity contribution in [2.24, 2.45) is 0 Å². The van der Waals surface area contributed by atoms with Crippen LogP contribution in [-0.4, -0.2) is 15.4 Å². The Bertz CT molecular complexity index is 863. The summed E-state index contributed by atoms with van der Waals surface area (Å²) in [6.07, 6.45) is 3.11. The Kier molecular flexibility index (Phi) is 3.20. The Balaban J connectivity index is 2.08. The van der Waals surface area contributed by atoms with Gasteiger partial charge in [-0.15, -0.1) is 0 Å². The highest BCUT2D eigenvalue weighted by Crippen LogP contribution is 2.24. The SMILES string of the molecule is N#CC(C(=O)c1cnn2ccccc12)c1ccccc1F. The number of hydrogen-bond donors (Lipinski definition) is 0. The molecule has 0 saturated carbocycles. The first-order chi connectivity index (χ1) is 10.2. The number of pyridine rings is 1. The smallest absolute Gasteiger partial charge is 0.188 e. The summed E-state index contributed by atoms with van der Waals surface area (Å²) in [5.74, 6) is -2.20. The second-order valence-electron chi connectivity index (χ2n) is 4.54. The fourth-order valence-electron chi connectivity index (χ4n) is 2.26. The Morgan fingerprint density at radius 1 is 1.24 bits per heavy atom. The summed E-state index contributed by atoms with van der Waals surface area (Å²) in [5, 5.41) is 13.3. The van der Waals surface area contributed by atoms with E-state index < -0.39 is 17.5 Å². The van der Waals surface area contributed by atoms with Crippen molar-refractivity contribution < 1.29 is 9.18 Å². The van der Waals surface area contributed by atoms with Gasteiger partial charge in [0.25, 0.3) is 0 Å². The maximum Gasteiger partial charge on any atom is 0.188 e. The van der Waals surface area contributed by atoms with E-state index in [1.165, 1.54) is 24.4 Å². The maximum atomic E-state index is 13.8. The van der Waals surface area contributed by atoms with Gasteiger partial charge in [0.1, 0.15) is 11.7 Å². The lowest BCUT2D eigenvalue weighted by Gasteiger charge is -2.08. The molecule has 3 rings (SSSR count). The summed E-state index contributed by atoms with van der Waals surface area (Å²) < 4.78 is 15.4. The van der Waals surface area contributed by atoms with Crippen molar-refractivity contribution in [3.8, 4) is 6.07 Å². The highest BCUT2D eigenvalue weighted by Gasteiger charge is 2.26. The normalized spacial score (nSPS) is 12.0. The fraction of sp³-hybridized carbons (Fsp3) is 0.0625. The van der Waals surface area contributed by atoms with Crippen LogP contribution < -0.4 is 0 Å². The summed E-state index contributed by atoms with van der Waals surface area (Å²) in [6.45, 7) is 0. The van der Waals surface area contributed by atoms with Crippen molar-refractivity contribution in [2.45, 2.75) is 5.92 Å². The standard InChI is InChI=1S/C16H10FN3O/c17-14-6-2-1-5-11(14)12(9-18)16(21)13-10-19-20-8-4-3-7-15(13)20/h1-8,10,12H. The summed E-state index contributed by atoms with van der Waals surface area (Å²) >= 11 is 0. The molecule has 1 atom stereocenters. The molecule has 0 amide bonds. The first kappa shape index (κ1) is 13.0. The third-order valence-electron chi connectivity index (χ3n) is 3.30. The number of Topliss-reactive ketones (excluding diaryl/α,β-unsaturated/α-hetero) is 1. The van der Waals surface area contributed by atoms with E-state index in [2.05, 4.69) is 5.10 Å². The molecule has 0 spiro atoms. The van der Waals surface area contributed by atoms with Crippen LogP contribution >= 0.6 is 0 Å². The summed E-state index contributed by atoms with van der Waals surface area (Å²) in [6, 6.07) is 13.0. The van der Waals surface area contributed by atoms with Crippen LogP contribution in [0.3, 0.4) is 0 Å². The highest BCUT2D eigenvalue weighted by molar-refractivity contribution is 6.07. The quantitative estimate of drug-likeness (QED) is 0.692. The average molecular weight is 279 g/mol. The molecule has 0 fully saturated rings. The van der Waals surface area contributed by atoms with E-state index in [-0.39, 0.29) is 5.56 Å². The van der Waals surface area contributed by atoms with Gasteiger partial charge in [0, 0.05) is 11.8 Å². The summed E-state index contributed by atoms with van der Waals surface area (Å²) in [5.41, 5.74) is 0.991. The number of rotatable bonds is 3. The Hall–Kier alpha value is -3.00. The van der Waals surface area contributed by atoms with E-state index in [1.54, 1.807) is 35.0 Å². The number of aromatic nitrogens is 2. The van der Waals surface area contributed by atoms with Crippen LogP contribution in [0.4, 0.5) is 4.39 Å². The van der Waals surface area contributed by atoms with Gasteiger partial charge in [-0.3, -0.25) is 4.79 Å². The molecule has 3 aromatic rings. The third kappa shape index (κ3) is 2.17. The number of carbonyl (C=O) groups is 1. The molecule has 102 valence electrons. The van der Waals surface area contributed by atoms with E-state index in [0.717, 1.165) is 0 Å². The topological polar surface area (TPSA) is 58.2 Å². The van der Waals surface area contributed by atoms with Crippen molar-refractivity contribution in [1.29, 1.82) is 5.26 Å². The van der Waals surface area contributed by atoms with Crippen molar-refractivity contribution in [3.63, 3.8) is 0 Å². The first-order valence-corrected chi connectivity index (χ1v) is 6.33. The monoisotopic (exact) mass is 279 g/mol. The van der Waals surface area contributed by atoms with Gasteiger partial charge >= 0.3 is 0 Å². The maximum absolute atomic E-state index is 13.8. The van der Waals surface area contributed by atoms with Crippen LogP contribution in [0, 0.1) is 17.1 Å². The van der Waals surface area contributed by atoms with Crippen LogP contribution in [0.1, 0.15) is 21.8 Å². The van der Waals surface area contributed by atoms with Gasteiger partial charge in [-0.05, 0) is 18.2 Å².